The molecule has 5 heteroatoms. The highest BCUT2D eigenvalue weighted by atomic mass is 16.2. The highest BCUT2D eigenvalue weighted by molar-refractivity contribution is 5.76. The van der Waals surface area contributed by atoms with E-state index in [-0.39, 0.29) is 5.91 Å². The number of carbonyl (C=O) groups excluding carboxylic acids is 1. The second-order valence-electron chi connectivity index (χ2n) is 5.29. The van der Waals surface area contributed by atoms with Gasteiger partial charge in [0.25, 0.3) is 0 Å². The van der Waals surface area contributed by atoms with Crippen LogP contribution in [-0.2, 0) is 11.3 Å². The van der Waals surface area contributed by atoms with Crippen LogP contribution in [0.1, 0.15) is 19.3 Å². The van der Waals surface area contributed by atoms with Crippen LogP contribution in [0.4, 0.5) is 0 Å². The Bertz CT molecular complexity index is 403. The van der Waals surface area contributed by atoms with Crippen molar-refractivity contribution in [3.8, 4) is 0 Å². The van der Waals surface area contributed by atoms with Crippen LogP contribution in [0.3, 0.4) is 0 Å². The third-order valence-electron chi connectivity index (χ3n) is 4.15. The molecule has 0 saturated carbocycles. The normalized spacial score (nSPS) is 27.2. The van der Waals surface area contributed by atoms with Crippen LogP contribution >= 0.6 is 0 Å². The fraction of sp³-hybridized carbons (Fsp3) is 0.692. The molecule has 1 aromatic heterocycles. The minimum absolute atomic E-state index is 0.286. The van der Waals surface area contributed by atoms with Crippen molar-refractivity contribution in [3.63, 3.8) is 0 Å². The Kier molecular flexibility index (Phi) is 3.32. The van der Waals surface area contributed by atoms with E-state index in [1.807, 2.05) is 15.7 Å². The monoisotopic (exact) mass is 248 g/mol. The summed E-state index contributed by atoms with van der Waals surface area (Å²) in [5, 5.41) is 3.52. The van der Waals surface area contributed by atoms with Crippen LogP contribution in [0.25, 0.3) is 0 Å². The Hall–Kier alpha value is -1.36. The standard InChI is InChI=1S/C13H20N4O/c18-13(3-6-16-8-5-14-10-16)17-7-2-12-11(9-17)1-4-15-12/h5,8,10-12,15H,1-4,6-7,9H2. The highest BCUT2D eigenvalue weighted by Crippen LogP contribution is 2.24. The van der Waals surface area contributed by atoms with Gasteiger partial charge < -0.3 is 14.8 Å². The average molecular weight is 248 g/mol. The number of amides is 1. The highest BCUT2D eigenvalue weighted by Gasteiger charge is 2.33. The molecular formula is C13H20N4O. The Balaban J connectivity index is 1.50. The predicted octanol–water partition coefficient (Wildman–Crippen LogP) is 0.484. The van der Waals surface area contributed by atoms with E-state index in [2.05, 4.69) is 10.3 Å². The number of piperidine rings is 1. The zero-order valence-corrected chi connectivity index (χ0v) is 10.6. The van der Waals surface area contributed by atoms with Crippen LogP contribution in [0.5, 0.6) is 0 Å². The Labute approximate surface area is 107 Å². The summed E-state index contributed by atoms with van der Waals surface area (Å²) >= 11 is 0. The van der Waals surface area contributed by atoms with Crippen molar-refractivity contribution in [2.24, 2.45) is 5.92 Å². The first-order valence-corrected chi connectivity index (χ1v) is 6.80. The van der Waals surface area contributed by atoms with E-state index in [4.69, 9.17) is 0 Å². The number of hydrogen-bond acceptors (Lipinski definition) is 3. The van der Waals surface area contributed by atoms with Gasteiger partial charge in [0.2, 0.25) is 5.91 Å². The number of nitrogens with one attached hydrogen (secondary N) is 1. The summed E-state index contributed by atoms with van der Waals surface area (Å²) < 4.78 is 1.96. The zero-order valence-electron chi connectivity index (χ0n) is 10.6. The fourth-order valence-corrected chi connectivity index (χ4v) is 3.08. The van der Waals surface area contributed by atoms with Gasteiger partial charge in [-0.2, -0.15) is 0 Å². The van der Waals surface area contributed by atoms with E-state index in [0.29, 0.717) is 18.4 Å². The smallest absolute Gasteiger partial charge is 0.224 e. The van der Waals surface area contributed by atoms with Gasteiger partial charge in [-0.05, 0) is 25.3 Å². The summed E-state index contributed by atoms with van der Waals surface area (Å²) in [6.45, 7) is 3.71. The molecule has 2 aliphatic rings. The third kappa shape index (κ3) is 2.41. The van der Waals surface area contributed by atoms with Gasteiger partial charge in [0, 0.05) is 44.5 Å². The van der Waals surface area contributed by atoms with Gasteiger partial charge in [0.05, 0.1) is 6.33 Å². The van der Waals surface area contributed by atoms with Crippen LogP contribution in [0.2, 0.25) is 0 Å². The van der Waals surface area contributed by atoms with Gasteiger partial charge in [-0.3, -0.25) is 4.79 Å². The quantitative estimate of drug-likeness (QED) is 0.846. The van der Waals surface area contributed by atoms with E-state index in [1.165, 1.54) is 6.42 Å². The Morgan fingerprint density at radius 1 is 1.44 bits per heavy atom. The molecule has 0 aromatic carbocycles. The average Bonchev–Trinajstić information content (AvgIpc) is 3.05. The van der Waals surface area contributed by atoms with Crippen molar-refractivity contribution in [1.29, 1.82) is 0 Å². The van der Waals surface area contributed by atoms with Gasteiger partial charge in [-0.1, -0.05) is 0 Å². The lowest BCUT2D eigenvalue weighted by Crippen LogP contribution is -2.47. The number of aryl methyl sites for hydroxylation is 1. The van der Waals surface area contributed by atoms with Crippen molar-refractivity contribution in [3.05, 3.63) is 18.7 Å². The molecule has 1 amide bonds. The summed E-state index contributed by atoms with van der Waals surface area (Å²) in [7, 11) is 0. The minimum atomic E-state index is 0.286. The van der Waals surface area contributed by atoms with Gasteiger partial charge in [-0.15, -0.1) is 0 Å². The van der Waals surface area contributed by atoms with Crippen molar-refractivity contribution >= 4 is 5.91 Å². The number of nitrogens with zero attached hydrogens (tertiary/aromatic N) is 3. The maximum absolute atomic E-state index is 12.2. The molecule has 0 bridgehead atoms. The molecule has 1 aromatic rings. The molecule has 2 atom stereocenters. The number of imidazole rings is 1. The lowest BCUT2D eigenvalue weighted by Gasteiger charge is -2.35. The fourth-order valence-electron chi connectivity index (χ4n) is 3.08. The van der Waals surface area contributed by atoms with Crippen molar-refractivity contribution < 1.29 is 4.79 Å². The molecule has 3 heterocycles. The largest absolute Gasteiger partial charge is 0.342 e. The maximum atomic E-state index is 12.2. The van der Waals surface area contributed by atoms with Crippen LogP contribution in [0, 0.1) is 5.92 Å². The molecule has 1 N–H and O–H groups in total. The molecule has 18 heavy (non-hydrogen) atoms. The maximum Gasteiger partial charge on any atom is 0.224 e. The summed E-state index contributed by atoms with van der Waals surface area (Å²) in [5.74, 6) is 0.963. The molecule has 5 nitrogen and oxygen atoms in total. The number of hydrogen-bond donors (Lipinski definition) is 1. The number of aromatic nitrogens is 2. The minimum Gasteiger partial charge on any atom is -0.342 e. The Morgan fingerprint density at radius 3 is 3.22 bits per heavy atom. The third-order valence-corrected chi connectivity index (χ3v) is 4.15. The van der Waals surface area contributed by atoms with Crippen LogP contribution in [0.15, 0.2) is 18.7 Å². The van der Waals surface area contributed by atoms with Gasteiger partial charge in [-0.25, -0.2) is 4.98 Å². The van der Waals surface area contributed by atoms with E-state index in [9.17, 15) is 4.79 Å². The molecule has 0 spiro atoms. The van der Waals surface area contributed by atoms with Crippen LogP contribution < -0.4 is 5.32 Å². The topological polar surface area (TPSA) is 50.2 Å². The molecule has 3 rings (SSSR count). The first-order chi connectivity index (χ1) is 8.83. The second kappa shape index (κ2) is 5.10. The van der Waals surface area contributed by atoms with Gasteiger partial charge in [0.1, 0.15) is 0 Å². The van der Waals surface area contributed by atoms with E-state index in [1.54, 1.807) is 12.5 Å². The van der Waals surface area contributed by atoms with E-state index >= 15 is 0 Å². The molecule has 2 aliphatic heterocycles. The summed E-state index contributed by atoms with van der Waals surface area (Å²) in [4.78, 5) is 18.2. The molecule has 2 saturated heterocycles. The number of fused-ring (bicyclic) bond motifs is 1. The van der Waals surface area contributed by atoms with Gasteiger partial charge in [0.15, 0.2) is 0 Å². The van der Waals surface area contributed by atoms with Crippen molar-refractivity contribution in [2.75, 3.05) is 19.6 Å². The van der Waals surface area contributed by atoms with E-state index < -0.39 is 0 Å². The van der Waals surface area contributed by atoms with Gasteiger partial charge >= 0.3 is 0 Å². The summed E-state index contributed by atoms with van der Waals surface area (Å²) in [6, 6.07) is 0.655. The SMILES string of the molecule is O=C(CCn1ccnc1)N1CCC2NCCC2C1. The lowest BCUT2D eigenvalue weighted by atomic mass is 9.93. The molecule has 0 aliphatic carbocycles. The first-order valence-electron chi connectivity index (χ1n) is 6.80. The van der Waals surface area contributed by atoms with E-state index in [0.717, 1.165) is 32.6 Å². The van der Waals surface area contributed by atoms with Crippen molar-refractivity contribution in [1.82, 2.24) is 19.8 Å². The summed E-state index contributed by atoms with van der Waals surface area (Å²) in [5.41, 5.74) is 0. The second-order valence-corrected chi connectivity index (χ2v) is 5.29. The number of carbonyl (C=O) groups is 1. The predicted molar refractivity (Wildman–Crippen MR) is 67.9 cm³/mol. The number of likely N-dealkylation sites (tertiary alicyclic amines) is 1. The molecule has 0 radical (unpaired) electrons. The first kappa shape index (κ1) is 11.7. The molecule has 2 unspecified atom stereocenters. The molecular weight excluding hydrogens is 228 g/mol. The van der Waals surface area contributed by atoms with Crippen molar-refractivity contribution in [2.45, 2.75) is 31.8 Å². The molecule has 2 fully saturated rings. The summed E-state index contributed by atoms with van der Waals surface area (Å²) in [6.07, 6.45) is 8.33. The zero-order chi connectivity index (χ0) is 12.4. The Morgan fingerprint density at radius 2 is 2.39 bits per heavy atom. The lowest BCUT2D eigenvalue weighted by molar-refractivity contribution is -0.133. The van der Waals surface area contributed by atoms with Crippen LogP contribution in [-0.4, -0.2) is 46.0 Å². The number of rotatable bonds is 3. The molecule has 98 valence electrons.